The maximum absolute atomic E-state index is 13.2. The summed E-state index contributed by atoms with van der Waals surface area (Å²) in [5.74, 6) is 0.119. The average Bonchev–Trinajstić information content (AvgIpc) is 3.18. The molecule has 156 valence electrons. The third-order valence-corrected chi connectivity index (χ3v) is 6.88. The van der Waals surface area contributed by atoms with E-state index in [1.165, 1.54) is 24.0 Å². The zero-order valence-electron chi connectivity index (χ0n) is 16.0. The molecule has 0 spiro atoms. The van der Waals surface area contributed by atoms with Crippen molar-refractivity contribution in [1.82, 2.24) is 9.80 Å². The Kier molecular flexibility index (Phi) is 7.75. The maximum atomic E-state index is 13.2. The minimum Gasteiger partial charge on any atom is -0.334 e. The first-order valence-electron chi connectivity index (χ1n) is 9.76. The van der Waals surface area contributed by atoms with Gasteiger partial charge in [-0.2, -0.15) is 0 Å². The second kappa shape index (κ2) is 9.89. The van der Waals surface area contributed by atoms with E-state index < -0.39 is 0 Å². The van der Waals surface area contributed by atoms with E-state index >= 15 is 0 Å². The molecule has 4 rings (SSSR count). The van der Waals surface area contributed by atoms with Gasteiger partial charge in [0.05, 0.1) is 22.5 Å². The predicted octanol–water partition coefficient (Wildman–Crippen LogP) is 5.83. The molecule has 7 heteroatoms. The van der Waals surface area contributed by atoms with Crippen molar-refractivity contribution in [2.45, 2.75) is 31.7 Å². The molecular weight excluding hydrogens is 450 g/mol. The molecule has 1 unspecified atom stereocenters. The minimum absolute atomic E-state index is 0. The van der Waals surface area contributed by atoms with Crippen LogP contribution in [-0.2, 0) is 17.6 Å². The molecule has 1 amide bonds. The molecule has 3 nitrogen and oxygen atoms in total. The largest absolute Gasteiger partial charge is 0.334 e. The molecule has 2 aliphatic rings. The van der Waals surface area contributed by atoms with E-state index in [9.17, 15) is 4.79 Å². The lowest BCUT2D eigenvalue weighted by atomic mass is 9.91. The molecule has 0 bridgehead atoms. The van der Waals surface area contributed by atoms with Crippen molar-refractivity contribution in [3.8, 4) is 0 Å². The number of benzene rings is 2. The summed E-state index contributed by atoms with van der Waals surface area (Å²) < 4.78 is 0. The standard InChI is InChI=1S/C22H23Cl3N2O.ClH/c23-18-5-3-4-17-16(18)8-11-27(21(17)14-26-9-1-2-10-26)22(28)13-15-6-7-19(24)20(25)12-15;/h3-7,12,21H,1-2,8-11,13-14H2;1H. The van der Waals surface area contributed by atoms with Crippen LogP contribution in [0.4, 0.5) is 0 Å². The van der Waals surface area contributed by atoms with Crippen molar-refractivity contribution in [1.29, 1.82) is 0 Å². The van der Waals surface area contributed by atoms with Crippen molar-refractivity contribution in [3.05, 3.63) is 68.2 Å². The van der Waals surface area contributed by atoms with Crippen LogP contribution >= 0.6 is 47.2 Å². The van der Waals surface area contributed by atoms with Crippen molar-refractivity contribution in [3.63, 3.8) is 0 Å². The van der Waals surface area contributed by atoms with Gasteiger partial charge in [0.15, 0.2) is 0 Å². The fourth-order valence-electron chi connectivity index (χ4n) is 4.34. The summed E-state index contributed by atoms with van der Waals surface area (Å²) in [6.45, 7) is 3.75. The number of carbonyl (C=O) groups excluding carboxylic acids is 1. The zero-order valence-corrected chi connectivity index (χ0v) is 19.1. The van der Waals surface area contributed by atoms with E-state index in [1.807, 2.05) is 23.1 Å². The highest BCUT2D eigenvalue weighted by molar-refractivity contribution is 6.42. The van der Waals surface area contributed by atoms with E-state index in [2.05, 4.69) is 11.0 Å². The topological polar surface area (TPSA) is 23.6 Å². The SMILES string of the molecule is Cl.O=C(Cc1ccc(Cl)c(Cl)c1)N1CCc2c(Cl)cccc2C1CN1CCCC1. The van der Waals surface area contributed by atoms with Crippen molar-refractivity contribution in [2.75, 3.05) is 26.2 Å². The number of nitrogens with zero attached hydrogens (tertiary/aromatic N) is 2. The average molecular weight is 474 g/mol. The van der Waals surface area contributed by atoms with E-state index in [-0.39, 0.29) is 24.4 Å². The lowest BCUT2D eigenvalue weighted by Gasteiger charge is -2.39. The van der Waals surface area contributed by atoms with E-state index in [0.29, 0.717) is 23.0 Å². The minimum atomic E-state index is 0. The summed E-state index contributed by atoms with van der Waals surface area (Å²) in [4.78, 5) is 17.7. The highest BCUT2D eigenvalue weighted by atomic mass is 35.5. The maximum Gasteiger partial charge on any atom is 0.227 e. The fourth-order valence-corrected chi connectivity index (χ4v) is 4.94. The number of carbonyl (C=O) groups is 1. The number of likely N-dealkylation sites (tertiary alicyclic amines) is 1. The van der Waals surface area contributed by atoms with Crippen LogP contribution in [-0.4, -0.2) is 41.9 Å². The van der Waals surface area contributed by atoms with Crippen LogP contribution in [0.2, 0.25) is 15.1 Å². The molecule has 2 aromatic carbocycles. The molecule has 0 aliphatic carbocycles. The summed E-state index contributed by atoms with van der Waals surface area (Å²) in [6.07, 6.45) is 3.57. The van der Waals surface area contributed by atoms with Crippen LogP contribution in [0.3, 0.4) is 0 Å². The summed E-state index contributed by atoms with van der Waals surface area (Å²) in [5.41, 5.74) is 3.26. The quantitative estimate of drug-likeness (QED) is 0.557. The lowest BCUT2D eigenvalue weighted by Crippen LogP contribution is -2.45. The second-order valence-corrected chi connectivity index (χ2v) is 8.82. The van der Waals surface area contributed by atoms with Crippen LogP contribution < -0.4 is 0 Å². The van der Waals surface area contributed by atoms with Gasteiger partial charge in [-0.3, -0.25) is 4.79 Å². The molecule has 1 atom stereocenters. The van der Waals surface area contributed by atoms with Gasteiger partial charge in [-0.25, -0.2) is 0 Å². The van der Waals surface area contributed by atoms with Gasteiger partial charge in [0.25, 0.3) is 0 Å². The Balaban J connectivity index is 0.00000240. The molecule has 1 fully saturated rings. The highest BCUT2D eigenvalue weighted by Gasteiger charge is 2.33. The number of rotatable bonds is 4. The first kappa shape index (κ1) is 22.7. The Labute approximate surface area is 193 Å². The smallest absolute Gasteiger partial charge is 0.227 e. The van der Waals surface area contributed by atoms with Gasteiger partial charge in [-0.1, -0.05) is 53.0 Å². The highest BCUT2D eigenvalue weighted by Crippen LogP contribution is 2.35. The molecule has 1 saturated heterocycles. The molecule has 2 aliphatic heterocycles. The molecule has 0 radical (unpaired) electrons. The molecule has 0 saturated carbocycles. The molecule has 2 aromatic rings. The summed E-state index contributed by atoms with van der Waals surface area (Å²) >= 11 is 18.6. The normalized spacial score (nSPS) is 19.0. The van der Waals surface area contributed by atoms with Gasteiger partial charge < -0.3 is 9.80 Å². The van der Waals surface area contributed by atoms with Gasteiger partial charge >= 0.3 is 0 Å². The summed E-state index contributed by atoms with van der Waals surface area (Å²) in [6, 6.07) is 11.5. The van der Waals surface area contributed by atoms with Gasteiger partial charge in [0.1, 0.15) is 0 Å². The van der Waals surface area contributed by atoms with Gasteiger partial charge in [-0.15, -0.1) is 12.4 Å². The van der Waals surface area contributed by atoms with Crippen LogP contribution in [0.1, 0.15) is 35.6 Å². The van der Waals surface area contributed by atoms with Crippen LogP contribution in [0.5, 0.6) is 0 Å². The number of halogens is 4. The van der Waals surface area contributed by atoms with Crippen LogP contribution in [0.15, 0.2) is 36.4 Å². The second-order valence-electron chi connectivity index (χ2n) is 7.59. The molecule has 29 heavy (non-hydrogen) atoms. The summed E-state index contributed by atoms with van der Waals surface area (Å²) in [7, 11) is 0. The first-order chi connectivity index (χ1) is 13.5. The molecular formula is C22H24Cl4N2O. The third kappa shape index (κ3) is 5.03. The summed E-state index contributed by atoms with van der Waals surface area (Å²) in [5, 5.41) is 1.79. The zero-order chi connectivity index (χ0) is 19.7. The Hall–Kier alpha value is -0.970. The van der Waals surface area contributed by atoms with Gasteiger partial charge in [-0.05, 0) is 67.2 Å². The number of amides is 1. The van der Waals surface area contributed by atoms with E-state index in [1.54, 1.807) is 12.1 Å². The number of fused-ring (bicyclic) bond motifs is 1. The molecule has 0 N–H and O–H groups in total. The lowest BCUT2D eigenvalue weighted by molar-refractivity contribution is -0.133. The van der Waals surface area contributed by atoms with E-state index in [0.717, 1.165) is 36.6 Å². The predicted molar refractivity (Wildman–Crippen MR) is 123 cm³/mol. The van der Waals surface area contributed by atoms with Crippen LogP contribution in [0.25, 0.3) is 0 Å². The molecule has 2 heterocycles. The van der Waals surface area contributed by atoms with Crippen molar-refractivity contribution < 1.29 is 4.79 Å². The molecule has 0 aromatic heterocycles. The van der Waals surface area contributed by atoms with Crippen molar-refractivity contribution >= 4 is 53.1 Å². The van der Waals surface area contributed by atoms with Gasteiger partial charge in [0.2, 0.25) is 5.91 Å². The fraction of sp³-hybridized carbons (Fsp3) is 0.409. The Bertz CT molecular complexity index is 883. The third-order valence-electron chi connectivity index (χ3n) is 5.78. The Morgan fingerprint density at radius 3 is 2.45 bits per heavy atom. The van der Waals surface area contributed by atoms with Crippen LogP contribution in [0, 0.1) is 0 Å². The Morgan fingerprint density at radius 1 is 0.966 bits per heavy atom. The number of hydrogen-bond donors (Lipinski definition) is 0. The first-order valence-corrected chi connectivity index (χ1v) is 10.9. The van der Waals surface area contributed by atoms with Gasteiger partial charge in [0, 0.05) is 18.1 Å². The number of hydrogen-bond acceptors (Lipinski definition) is 2. The monoisotopic (exact) mass is 472 g/mol. The van der Waals surface area contributed by atoms with Crippen molar-refractivity contribution in [2.24, 2.45) is 0 Å². The van der Waals surface area contributed by atoms with E-state index in [4.69, 9.17) is 34.8 Å². The Morgan fingerprint density at radius 2 is 1.72 bits per heavy atom.